The van der Waals surface area contributed by atoms with Gasteiger partial charge in [-0.15, -0.1) is 0 Å². The summed E-state index contributed by atoms with van der Waals surface area (Å²) in [5.41, 5.74) is 1.57. The van der Waals surface area contributed by atoms with Gasteiger partial charge < -0.3 is 14.5 Å². The lowest BCUT2D eigenvalue weighted by Crippen LogP contribution is -2.01. The van der Waals surface area contributed by atoms with E-state index in [4.69, 9.17) is 32.7 Å². The predicted molar refractivity (Wildman–Crippen MR) is 118 cm³/mol. The predicted octanol–water partition coefficient (Wildman–Crippen LogP) is 6.42. The molecule has 1 N–H and O–H groups in total. The van der Waals surface area contributed by atoms with Crippen molar-refractivity contribution in [2.45, 2.75) is 16.7 Å². The van der Waals surface area contributed by atoms with E-state index in [2.05, 4.69) is 4.98 Å². The van der Waals surface area contributed by atoms with Crippen molar-refractivity contribution in [2.75, 3.05) is 7.11 Å². The Labute approximate surface area is 184 Å². The molecule has 0 unspecified atom stereocenters. The molecule has 4 aromatic rings. The Kier molecular flexibility index (Phi) is 5.40. The van der Waals surface area contributed by atoms with Crippen LogP contribution in [0.4, 0.5) is 0 Å². The van der Waals surface area contributed by atoms with Crippen molar-refractivity contribution in [3.63, 3.8) is 0 Å². The molecule has 0 spiro atoms. The number of fused-ring (bicyclic) bond motifs is 1. The Morgan fingerprint density at radius 2 is 1.53 bits per heavy atom. The van der Waals surface area contributed by atoms with Gasteiger partial charge in [0.15, 0.2) is 5.75 Å². The molecule has 0 amide bonds. The Balaban J connectivity index is 1.76. The number of nitrogens with one attached hydrogen (secondary N) is 1. The number of H-pyrrole nitrogens is 1. The molecule has 1 aromatic heterocycles. The van der Waals surface area contributed by atoms with Crippen LogP contribution in [-0.2, 0) is 9.84 Å². The molecule has 0 saturated carbocycles. The van der Waals surface area contributed by atoms with E-state index in [1.165, 1.54) is 25.4 Å². The van der Waals surface area contributed by atoms with Gasteiger partial charge in [0.05, 0.1) is 26.9 Å². The van der Waals surface area contributed by atoms with E-state index in [9.17, 15) is 8.42 Å². The standard InChI is InChI=1S/C22H17Cl2NO4S/c1-13-9-18(23)22(19(24)10-13)29-15-5-8-20-17(11-15)21(12-25-20)30(26,27)16-6-3-14(28-2)4-7-16/h3-12,25H,1-2H3. The summed E-state index contributed by atoms with van der Waals surface area (Å²) in [6.45, 7) is 1.88. The largest absolute Gasteiger partial charge is 0.497 e. The molecule has 0 fully saturated rings. The lowest BCUT2D eigenvalue weighted by atomic mass is 10.2. The number of rotatable bonds is 5. The number of aromatic nitrogens is 1. The summed E-state index contributed by atoms with van der Waals surface area (Å²) < 4.78 is 37.3. The number of aryl methyl sites for hydroxylation is 1. The first-order valence-electron chi connectivity index (χ1n) is 8.93. The number of hydrogen-bond acceptors (Lipinski definition) is 4. The number of hydrogen-bond donors (Lipinski definition) is 1. The Hall–Kier alpha value is -2.67. The third-order valence-corrected chi connectivity index (χ3v) is 7.01. The van der Waals surface area contributed by atoms with Crippen molar-refractivity contribution in [1.29, 1.82) is 0 Å². The quantitative estimate of drug-likeness (QED) is 0.372. The maximum Gasteiger partial charge on any atom is 0.208 e. The molecule has 0 aliphatic carbocycles. The van der Waals surface area contributed by atoms with Crippen molar-refractivity contribution in [2.24, 2.45) is 0 Å². The SMILES string of the molecule is COc1ccc(S(=O)(=O)c2c[nH]c3ccc(Oc4c(Cl)cc(C)cc4Cl)cc23)cc1. The van der Waals surface area contributed by atoms with Gasteiger partial charge in [-0.25, -0.2) is 8.42 Å². The van der Waals surface area contributed by atoms with E-state index in [0.717, 1.165) is 5.56 Å². The Morgan fingerprint density at radius 3 is 2.17 bits per heavy atom. The van der Waals surface area contributed by atoms with Crippen molar-refractivity contribution >= 4 is 43.9 Å². The fourth-order valence-electron chi connectivity index (χ4n) is 3.14. The molecule has 1 heterocycles. The zero-order valence-corrected chi connectivity index (χ0v) is 18.4. The minimum Gasteiger partial charge on any atom is -0.497 e. The van der Waals surface area contributed by atoms with E-state index < -0.39 is 9.84 Å². The Morgan fingerprint density at radius 1 is 0.900 bits per heavy atom. The van der Waals surface area contributed by atoms with E-state index in [-0.39, 0.29) is 9.79 Å². The highest BCUT2D eigenvalue weighted by atomic mass is 35.5. The maximum atomic E-state index is 13.2. The summed E-state index contributed by atoms with van der Waals surface area (Å²) in [5, 5.41) is 1.25. The number of ether oxygens (including phenoxy) is 2. The van der Waals surface area contributed by atoms with Crippen LogP contribution in [0.2, 0.25) is 10.0 Å². The average molecular weight is 462 g/mol. The molecular formula is C22H17Cl2NO4S. The highest BCUT2D eigenvalue weighted by molar-refractivity contribution is 7.91. The van der Waals surface area contributed by atoms with Crippen LogP contribution in [0.3, 0.4) is 0 Å². The van der Waals surface area contributed by atoms with Crippen LogP contribution in [0.5, 0.6) is 17.2 Å². The van der Waals surface area contributed by atoms with Gasteiger partial charge >= 0.3 is 0 Å². The van der Waals surface area contributed by atoms with Gasteiger partial charge in [-0.05, 0) is 67.1 Å². The van der Waals surface area contributed by atoms with Crippen molar-refractivity contribution in [1.82, 2.24) is 4.98 Å². The normalized spacial score (nSPS) is 11.6. The second-order valence-electron chi connectivity index (χ2n) is 6.70. The second kappa shape index (κ2) is 7.87. The summed E-state index contributed by atoms with van der Waals surface area (Å²) in [4.78, 5) is 3.31. The number of aromatic amines is 1. The van der Waals surface area contributed by atoms with Gasteiger partial charge in [-0.2, -0.15) is 0 Å². The van der Waals surface area contributed by atoms with Gasteiger partial charge in [-0.3, -0.25) is 0 Å². The van der Waals surface area contributed by atoms with E-state index in [1.807, 2.05) is 6.92 Å². The summed E-state index contributed by atoms with van der Waals surface area (Å²) in [7, 11) is -2.23. The van der Waals surface area contributed by atoms with Crippen LogP contribution in [-0.4, -0.2) is 20.5 Å². The van der Waals surface area contributed by atoms with Crippen LogP contribution in [0.1, 0.15) is 5.56 Å². The number of halogens is 2. The highest BCUT2D eigenvalue weighted by Crippen LogP contribution is 2.39. The molecule has 4 rings (SSSR count). The first kappa shape index (κ1) is 20.6. The summed E-state index contributed by atoms with van der Waals surface area (Å²) in [6.07, 6.45) is 1.47. The fraction of sp³-hybridized carbons (Fsp3) is 0.0909. The molecule has 0 aliphatic rings. The van der Waals surface area contributed by atoms with Gasteiger partial charge in [0.25, 0.3) is 0 Å². The molecule has 0 radical (unpaired) electrons. The molecule has 8 heteroatoms. The van der Waals surface area contributed by atoms with Crippen molar-refractivity contribution < 1.29 is 17.9 Å². The molecular weight excluding hydrogens is 445 g/mol. The average Bonchev–Trinajstić information content (AvgIpc) is 3.15. The number of benzene rings is 3. The summed E-state index contributed by atoms with van der Waals surface area (Å²) in [6, 6.07) is 14.8. The molecule has 5 nitrogen and oxygen atoms in total. The van der Waals surface area contributed by atoms with Crippen LogP contribution in [0.25, 0.3) is 10.9 Å². The lowest BCUT2D eigenvalue weighted by Gasteiger charge is -2.11. The van der Waals surface area contributed by atoms with Gasteiger partial charge in [-0.1, -0.05) is 23.2 Å². The zero-order chi connectivity index (χ0) is 21.5. The first-order chi connectivity index (χ1) is 14.3. The molecule has 0 atom stereocenters. The smallest absolute Gasteiger partial charge is 0.208 e. The molecule has 0 aliphatic heterocycles. The number of sulfone groups is 1. The van der Waals surface area contributed by atoms with E-state index in [0.29, 0.717) is 38.2 Å². The zero-order valence-electron chi connectivity index (χ0n) is 16.1. The monoisotopic (exact) mass is 461 g/mol. The summed E-state index contributed by atoms with van der Waals surface area (Å²) in [5.74, 6) is 1.31. The fourth-order valence-corrected chi connectivity index (χ4v) is 5.24. The van der Waals surface area contributed by atoms with Crippen LogP contribution >= 0.6 is 23.2 Å². The van der Waals surface area contributed by atoms with Crippen LogP contribution in [0.15, 0.2) is 70.6 Å². The van der Waals surface area contributed by atoms with Crippen LogP contribution in [0, 0.1) is 6.92 Å². The van der Waals surface area contributed by atoms with Crippen molar-refractivity contribution in [3.05, 3.63) is 76.4 Å². The van der Waals surface area contributed by atoms with E-state index >= 15 is 0 Å². The highest BCUT2D eigenvalue weighted by Gasteiger charge is 2.22. The molecule has 0 saturated heterocycles. The van der Waals surface area contributed by atoms with Gasteiger partial charge in [0, 0.05) is 17.1 Å². The third kappa shape index (κ3) is 3.74. The van der Waals surface area contributed by atoms with Gasteiger partial charge in [0.1, 0.15) is 11.5 Å². The second-order valence-corrected chi connectivity index (χ2v) is 9.43. The van der Waals surface area contributed by atoms with Gasteiger partial charge in [0.2, 0.25) is 9.84 Å². The lowest BCUT2D eigenvalue weighted by molar-refractivity contribution is 0.414. The Bertz CT molecular complexity index is 1320. The first-order valence-corrected chi connectivity index (χ1v) is 11.2. The topological polar surface area (TPSA) is 68.4 Å². The molecule has 30 heavy (non-hydrogen) atoms. The minimum absolute atomic E-state index is 0.147. The molecule has 154 valence electrons. The summed E-state index contributed by atoms with van der Waals surface area (Å²) >= 11 is 12.5. The molecule has 0 bridgehead atoms. The maximum absolute atomic E-state index is 13.2. The molecule has 3 aromatic carbocycles. The third-order valence-electron chi connectivity index (χ3n) is 4.64. The number of methoxy groups -OCH3 is 1. The minimum atomic E-state index is -3.75. The van der Waals surface area contributed by atoms with E-state index in [1.54, 1.807) is 42.5 Å². The van der Waals surface area contributed by atoms with Crippen molar-refractivity contribution in [3.8, 4) is 17.2 Å². The van der Waals surface area contributed by atoms with Crippen LogP contribution < -0.4 is 9.47 Å².